The molecule has 7 heteroatoms. The van der Waals surface area contributed by atoms with Crippen LogP contribution in [-0.2, 0) is 19.1 Å². The van der Waals surface area contributed by atoms with E-state index in [1.54, 1.807) is 6.92 Å². The lowest BCUT2D eigenvalue weighted by molar-refractivity contribution is -0.148. The summed E-state index contributed by atoms with van der Waals surface area (Å²) in [6, 6.07) is -1.30. The number of nitrogens with one attached hydrogen (secondary N) is 1. The van der Waals surface area contributed by atoms with Crippen molar-refractivity contribution >= 4 is 17.8 Å². The molecule has 2 amide bonds. The maximum atomic E-state index is 11.8. The molecule has 0 bridgehead atoms. The van der Waals surface area contributed by atoms with Crippen LogP contribution in [0.1, 0.15) is 26.2 Å². The van der Waals surface area contributed by atoms with Crippen molar-refractivity contribution in [2.45, 2.75) is 37.8 Å². The van der Waals surface area contributed by atoms with E-state index in [9.17, 15) is 14.4 Å². The van der Waals surface area contributed by atoms with Crippen LogP contribution in [0.5, 0.6) is 0 Å². The number of hydrogen-bond donors (Lipinski definition) is 3. The van der Waals surface area contributed by atoms with Crippen molar-refractivity contribution in [3.8, 4) is 0 Å². The molecule has 1 saturated heterocycles. The van der Waals surface area contributed by atoms with Gasteiger partial charge in [0.15, 0.2) is 0 Å². The standard InChI is InChI=1S/C10H16N2O5/c1-10(3-2-4-17-10)9(16)12-6(8(14)15)5-7(11)13/h6H,2-5H2,1H3,(H2,11,13)(H,12,16)(H,14,15)/t6-,10?/m0/s1. The number of amides is 2. The molecule has 96 valence electrons. The number of carboxylic acids is 1. The van der Waals surface area contributed by atoms with Gasteiger partial charge in [-0.15, -0.1) is 0 Å². The third-order valence-corrected chi connectivity index (χ3v) is 2.71. The van der Waals surface area contributed by atoms with Crippen molar-refractivity contribution in [2.24, 2.45) is 5.73 Å². The van der Waals surface area contributed by atoms with Gasteiger partial charge < -0.3 is 20.9 Å². The van der Waals surface area contributed by atoms with Crippen molar-refractivity contribution in [1.82, 2.24) is 5.32 Å². The van der Waals surface area contributed by atoms with Crippen LogP contribution in [0.2, 0.25) is 0 Å². The molecule has 0 radical (unpaired) electrons. The van der Waals surface area contributed by atoms with Crippen LogP contribution in [-0.4, -0.2) is 41.1 Å². The number of ether oxygens (including phenoxy) is 1. The first-order valence-electron chi connectivity index (χ1n) is 5.31. The molecule has 2 atom stereocenters. The van der Waals surface area contributed by atoms with Crippen molar-refractivity contribution in [1.29, 1.82) is 0 Å². The number of primary amides is 1. The first kappa shape index (κ1) is 13.4. The topological polar surface area (TPSA) is 119 Å². The van der Waals surface area contributed by atoms with Gasteiger partial charge in [-0.1, -0.05) is 0 Å². The summed E-state index contributed by atoms with van der Waals surface area (Å²) in [4.78, 5) is 33.3. The average molecular weight is 244 g/mol. The summed E-state index contributed by atoms with van der Waals surface area (Å²) in [7, 11) is 0. The van der Waals surface area contributed by atoms with Gasteiger partial charge in [0.25, 0.3) is 5.91 Å². The Balaban J connectivity index is 2.63. The lowest BCUT2D eigenvalue weighted by Gasteiger charge is -2.24. The monoisotopic (exact) mass is 244 g/mol. The number of carbonyl (C=O) groups excluding carboxylic acids is 2. The van der Waals surface area contributed by atoms with E-state index in [4.69, 9.17) is 15.6 Å². The smallest absolute Gasteiger partial charge is 0.326 e. The van der Waals surface area contributed by atoms with Gasteiger partial charge in [-0.3, -0.25) is 9.59 Å². The van der Waals surface area contributed by atoms with Gasteiger partial charge in [0, 0.05) is 6.61 Å². The van der Waals surface area contributed by atoms with Gasteiger partial charge in [-0.25, -0.2) is 4.79 Å². The second-order valence-electron chi connectivity index (χ2n) is 4.22. The highest BCUT2D eigenvalue weighted by Gasteiger charge is 2.39. The van der Waals surface area contributed by atoms with E-state index in [0.29, 0.717) is 13.0 Å². The van der Waals surface area contributed by atoms with Gasteiger partial charge >= 0.3 is 5.97 Å². The molecule has 4 N–H and O–H groups in total. The zero-order chi connectivity index (χ0) is 13.1. The Morgan fingerprint density at radius 1 is 1.53 bits per heavy atom. The molecule has 0 saturated carbocycles. The fraction of sp³-hybridized carbons (Fsp3) is 0.700. The highest BCUT2D eigenvalue weighted by Crippen LogP contribution is 2.25. The Morgan fingerprint density at radius 2 is 2.18 bits per heavy atom. The maximum Gasteiger partial charge on any atom is 0.326 e. The van der Waals surface area contributed by atoms with E-state index in [-0.39, 0.29) is 0 Å². The second-order valence-corrected chi connectivity index (χ2v) is 4.22. The summed E-state index contributed by atoms with van der Waals surface area (Å²) >= 11 is 0. The van der Waals surface area contributed by atoms with Crippen molar-refractivity contribution < 1.29 is 24.2 Å². The summed E-state index contributed by atoms with van der Waals surface area (Å²) in [5.41, 5.74) is 3.90. The first-order valence-corrected chi connectivity index (χ1v) is 5.31. The van der Waals surface area contributed by atoms with Crippen LogP contribution < -0.4 is 11.1 Å². The fourth-order valence-electron chi connectivity index (χ4n) is 1.67. The molecular formula is C10H16N2O5. The predicted molar refractivity (Wildman–Crippen MR) is 57.0 cm³/mol. The molecule has 0 spiro atoms. The summed E-state index contributed by atoms with van der Waals surface area (Å²) in [6.45, 7) is 2.07. The van der Waals surface area contributed by atoms with Gasteiger partial charge in [-0.2, -0.15) is 0 Å². The molecule has 1 rings (SSSR count). The van der Waals surface area contributed by atoms with Gasteiger partial charge in [0.05, 0.1) is 6.42 Å². The van der Waals surface area contributed by atoms with Gasteiger partial charge in [0.1, 0.15) is 11.6 Å². The van der Waals surface area contributed by atoms with Crippen LogP contribution in [0, 0.1) is 0 Å². The van der Waals surface area contributed by atoms with Crippen LogP contribution in [0.3, 0.4) is 0 Å². The highest BCUT2D eigenvalue weighted by molar-refractivity contribution is 5.91. The normalized spacial score (nSPS) is 25.2. The Morgan fingerprint density at radius 3 is 2.59 bits per heavy atom. The van der Waals surface area contributed by atoms with Gasteiger partial charge in [0.2, 0.25) is 5.91 Å². The summed E-state index contributed by atoms with van der Waals surface area (Å²) < 4.78 is 5.27. The number of nitrogens with two attached hydrogens (primary N) is 1. The minimum atomic E-state index is -1.30. The number of carbonyl (C=O) groups is 3. The Bertz CT molecular complexity index is 336. The molecule has 7 nitrogen and oxygen atoms in total. The quantitative estimate of drug-likeness (QED) is 0.573. The van der Waals surface area contributed by atoms with Crippen LogP contribution in [0.4, 0.5) is 0 Å². The molecule has 0 aliphatic carbocycles. The molecule has 1 heterocycles. The summed E-state index contributed by atoms with van der Waals surface area (Å²) in [5.74, 6) is -2.60. The highest BCUT2D eigenvalue weighted by atomic mass is 16.5. The molecule has 1 aliphatic rings. The first-order chi connectivity index (χ1) is 7.85. The van der Waals surface area contributed by atoms with E-state index in [2.05, 4.69) is 5.32 Å². The lowest BCUT2D eigenvalue weighted by atomic mass is 10.0. The number of carboxylic acid groups (broad SMARTS) is 1. The second kappa shape index (κ2) is 5.13. The molecule has 0 aromatic carbocycles. The number of hydrogen-bond acceptors (Lipinski definition) is 4. The maximum absolute atomic E-state index is 11.8. The van der Waals surface area contributed by atoms with Crippen molar-refractivity contribution in [3.05, 3.63) is 0 Å². The molecule has 0 aromatic rings. The minimum absolute atomic E-state index is 0.433. The van der Waals surface area contributed by atoms with E-state index in [1.165, 1.54) is 0 Å². The molecule has 1 unspecified atom stereocenters. The number of rotatable bonds is 5. The van der Waals surface area contributed by atoms with Crippen LogP contribution >= 0.6 is 0 Å². The third kappa shape index (κ3) is 3.42. The fourth-order valence-corrected chi connectivity index (χ4v) is 1.67. The van der Waals surface area contributed by atoms with E-state index < -0.39 is 35.8 Å². The minimum Gasteiger partial charge on any atom is -0.480 e. The van der Waals surface area contributed by atoms with E-state index >= 15 is 0 Å². The SMILES string of the molecule is CC1(C(=O)N[C@@H](CC(N)=O)C(=O)O)CCCO1. The molecule has 17 heavy (non-hydrogen) atoms. The van der Waals surface area contributed by atoms with Crippen molar-refractivity contribution in [3.63, 3.8) is 0 Å². The largest absolute Gasteiger partial charge is 0.480 e. The van der Waals surface area contributed by atoms with Crippen LogP contribution in [0.15, 0.2) is 0 Å². The average Bonchev–Trinajstić information content (AvgIpc) is 2.64. The predicted octanol–water partition coefficient (Wildman–Crippen LogP) is -1.000. The van der Waals surface area contributed by atoms with Crippen molar-refractivity contribution in [2.75, 3.05) is 6.61 Å². The molecule has 1 fully saturated rings. The molecule has 0 aromatic heterocycles. The van der Waals surface area contributed by atoms with Crippen LogP contribution in [0.25, 0.3) is 0 Å². The van der Waals surface area contributed by atoms with E-state index in [0.717, 1.165) is 6.42 Å². The zero-order valence-corrected chi connectivity index (χ0v) is 9.56. The molecular weight excluding hydrogens is 228 g/mol. The Kier molecular flexibility index (Phi) is 4.06. The summed E-state index contributed by atoms with van der Waals surface area (Å²) in [5, 5.41) is 11.1. The zero-order valence-electron chi connectivity index (χ0n) is 9.56. The van der Waals surface area contributed by atoms with E-state index in [1.807, 2.05) is 0 Å². The Labute approximate surface area is 98.3 Å². The molecule has 1 aliphatic heterocycles. The van der Waals surface area contributed by atoms with Gasteiger partial charge in [-0.05, 0) is 19.8 Å². The Hall–Kier alpha value is -1.63. The third-order valence-electron chi connectivity index (χ3n) is 2.71. The summed E-state index contributed by atoms with van der Waals surface area (Å²) in [6.07, 6.45) is 0.844. The lowest BCUT2D eigenvalue weighted by Crippen LogP contribution is -2.51. The number of aliphatic carboxylic acids is 1.